The largest absolute Gasteiger partial charge is 0.309 e. The third-order valence-electron chi connectivity index (χ3n) is 10.8. The molecule has 0 atom stereocenters. The molecule has 0 aliphatic heterocycles. The van der Waals surface area contributed by atoms with Crippen molar-refractivity contribution in [2.75, 3.05) is 0 Å². The van der Waals surface area contributed by atoms with Crippen LogP contribution in [0.2, 0.25) is 0 Å². The van der Waals surface area contributed by atoms with Gasteiger partial charge in [0.05, 0.1) is 31.7 Å². The number of fused-ring (bicyclic) bond motifs is 6. The molecule has 0 saturated heterocycles. The molecule has 0 fully saturated rings. The summed E-state index contributed by atoms with van der Waals surface area (Å²) in [6.07, 6.45) is 0. The number of hydrogen-bond acceptors (Lipinski definition) is 0. The van der Waals surface area contributed by atoms with Gasteiger partial charge in [-0.25, -0.2) is 0 Å². The average molecular weight is 720 g/mol. The molecule has 2 heterocycles. The Morgan fingerprint density at radius 3 is 1.61 bits per heavy atom. The Bertz CT molecular complexity index is 3600. The van der Waals surface area contributed by atoms with Gasteiger partial charge in [-0.05, 0) is 93.5 Å². The molecule has 2 aromatic heterocycles. The Hall–Kier alpha value is -7.42. The number of benzene rings is 9. The third kappa shape index (κ3) is 5.26. The molecule has 0 N–H and O–H groups in total. The Morgan fingerprint density at radius 1 is 0.321 bits per heavy atom. The highest BCUT2D eigenvalue weighted by atomic mass is 15.0. The molecule has 0 aliphatic rings. The molecule has 0 unspecified atom stereocenters. The second-order valence-corrected chi connectivity index (χ2v) is 14.0. The van der Waals surface area contributed by atoms with Crippen LogP contribution in [0.15, 0.2) is 218 Å². The summed E-state index contributed by atoms with van der Waals surface area (Å²) in [7, 11) is 0. The quantitative estimate of drug-likeness (QED) is 0.162. The van der Waals surface area contributed by atoms with Gasteiger partial charge in [-0.1, -0.05) is 164 Å². The molecule has 2 heteroatoms. The summed E-state index contributed by atoms with van der Waals surface area (Å²) in [5.41, 5.74) is 10.9. The molecule has 0 bridgehead atoms. The van der Waals surface area contributed by atoms with E-state index in [-0.39, 0.29) is 57.6 Å². The Morgan fingerprint density at radius 2 is 0.893 bits per heavy atom. The van der Waals surface area contributed by atoms with Gasteiger partial charge < -0.3 is 9.13 Å². The first-order valence-corrected chi connectivity index (χ1v) is 18.7. The van der Waals surface area contributed by atoms with Crippen molar-refractivity contribution in [1.29, 1.82) is 0 Å². The van der Waals surface area contributed by atoms with Crippen LogP contribution in [0, 0.1) is 0 Å². The SMILES string of the molecule is [2H]c1c([2H])c([2H])c2c(c1[2H])c1c([2H])c(-c3ccc4c(c3)c3cccc(-c5ccc(-c6ccccc6)cc5)c3n4-c3ccccc3)c([2H])c([2H])c1n2-c1ccc(-c2ccccc2)cc1. The maximum atomic E-state index is 9.87. The highest BCUT2D eigenvalue weighted by molar-refractivity contribution is 6.15. The van der Waals surface area contributed by atoms with E-state index in [0.29, 0.717) is 11.3 Å². The second-order valence-electron chi connectivity index (χ2n) is 14.0. The lowest BCUT2D eigenvalue weighted by Crippen LogP contribution is -1.95. The van der Waals surface area contributed by atoms with E-state index in [0.717, 1.165) is 60.9 Å². The smallest absolute Gasteiger partial charge is 0.0645 e. The maximum absolute atomic E-state index is 9.87. The van der Waals surface area contributed by atoms with E-state index in [9.17, 15) is 4.11 Å². The summed E-state index contributed by atoms with van der Waals surface area (Å²) in [5.74, 6) is 0. The fourth-order valence-electron chi connectivity index (χ4n) is 8.13. The highest BCUT2D eigenvalue weighted by Gasteiger charge is 2.19. The number of hydrogen-bond donors (Lipinski definition) is 0. The lowest BCUT2D eigenvalue weighted by Gasteiger charge is -2.12. The van der Waals surface area contributed by atoms with Gasteiger partial charge in [0, 0.05) is 38.5 Å². The van der Waals surface area contributed by atoms with Gasteiger partial charge in [0.1, 0.15) is 0 Å². The van der Waals surface area contributed by atoms with E-state index in [1.165, 1.54) is 0 Å². The molecule has 262 valence electrons. The summed E-state index contributed by atoms with van der Waals surface area (Å²) in [6, 6.07) is 56.9. The van der Waals surface area contributed by atoms with Crippen LogP contribution >= 0.6 is 0 Å². The van der Waals surface area contributed by atoms with E-state index in [4.69, 9.17) is 5.48 Å². The van der Waals surface area contributed by atoms with Crippen molar-refractivity contribution in [3.05, 3.63) is 218 Å². The zero-order valence-electron chi connectivity index (χ0n) is 37.1. The van der Waals surface area contributed by atoms with Crippen LogP contribution in [0.1, 0.15) is 9.60 Å². The topological polar surface area (TPSA) is 9.86 Å². The van der Waals surface area contributed by atoms with Crippen molar-refractivity contribution in [3.63, 3.8) is 0 Å². The average Bonchev–Trinajstić information content (AvgIpc) is 3.87. The molecule has 0 radical (unpaired) electrons. The van der Waals surface area contributed by atoms with Crippen molar-refractivity contribution in [2.24, 2.45) is 0 Å². The van der Waals surface area contributed by atoms with Crippen molar-refractivity contribution in [2.45, 2.75) is 0 Å². The molecule has 9 aromatic carbocycles. The van der Waals surface area contributed by atoms with Crippen LogP contribution in [-0.4, -0.2) is 9.13 Å². The van der Waals surface area contributed by atoms with Crippen LogP contribution in [0.3, 0.4) is 0 Å². The molecular weight excluding hydrogens is 677 g/mol. The van der Waals surface area contributed by atoms with Crippen molar-refractivity contribution >= 4 is 43.6 Å². The molecule has 0 spiro atoms. The lowest BCUT2D eigenvalue weighted by molar-refractivity contribution is 1.18. The zero-order chi connectivity index (χ0) is 43.1. The highest BCUT2D eigenvalue weighted by Crippen LogP contribution is 2.41. The normalized spacial score (nSPS) is 13.3. The van der Waals surface area contributed by atoms with Crippen molar-refractivity contribution < 1.29 is 9.60 Å². The van der Waals surface area contributed by atoms with Crippen molar-refractivity contribution in [3.8, 4) is 55.9 Å². The molecule has 0 saturated carbocycles. The summed E-state index contributed by atoms with van der Waals surface area (Å²) >= 11 is 0. The molecule has 0 aliphatic carbocycles. The molecule has 11 aromatic rings. The summed E-state index contributed by atoms with van der Waals surface area (Å²) < 4.78 is 68.6. The van der Waals surface area contributed by atoms with E-state index in [1.54, 1.807) is 4.57 Å². The first-order chi connectivity index (χ1) is 30.7. The fraction of sp³-hybridized carbons (Fsp3) is 0. The fourth-order valence-corrected chi connectivity index (χ4v) is 8.13. The predicted octanol–water partition coefficient (Wildman–Crippen LogP) is 14.5. The lowest BCUT2D eigenvalue weighted by atomic mass is 9.97. The van der Waals surface area contributed by atoms with Gasteiger partial charge >= 0.3 is 0 Å². The van der Waals surface area contributed by atoms with E-state index < -0.39 is 12.1 Å². The second kappa shape index (κ2) is 13.2. The first-order valence-electron chi connectivity index (χ1n) is 22.2. The maximum Gasteiger partial charge on any atom is 0.0645 e. The van der Waals surface area contributed by atoms with Crippen LogP contribution in [0.25, 0.3) is 99.5 Å². The first kappa shape index (κ1) is 25.6. The van der Waals surface area contributed by atoms with Crippen LogP contribution in [0.5, 0.6) is 0 Å². The van der Waals surface area contributed by atoms with Gasteiger partial charge in [0.2, 0.25) is 0 Å². The number of aromatic nitrogens is 2. The van der Waals surface area contributed by atoms with E-state index in [1.807, 2.05) is 109 Å². The monoisotopic (exact) mass is 719 g/mol. The van der Waals surface area contributed by atoms with E-state index >= 15 is 0 Å². The third-order valence-corrected chi connectivity index (χ3v) is 10.8. The predicted molar refractivity (Wildman–Crippen MR) is 237 cm³/mol. The minimum absolute atomic E-state index is 0.0778. The number of nitrogens with zero attached hydrogens (tertiary/aromatic N) is 2. The van der Waals surface area contributed by atoms with Gasteiger partial charge in [0.15, 0.2) is 0 Å². The summed E-state index contributed by atoms with van der Waals surface area (Å²) in [5, 5.41) is 2.23. The summed E-state index contributed by atoms with van der Waals surface area (Å²) in [6.45, 7) is 0. The van der Waals surface area contributed by atoms with Gasteiger partial charge in [0.25, 0.3) is 0 Å². The van der Waals surface area contributed by atoms with Crippen LogP contribution in [-0.2, 0) is 0 Å². The summed E-state index contributed by atoms with van der Waals surface area (Å²) in [4.78, 5) is 0. The van der Waals surface area contributed by atoms with Crippen LogP contribution < -0.4 is 0 Å². The van der Waals surface area contributed by atoms with Crippen molar-refractivity contribution in [1.82, 2.24) is 9.13 Å². The Kier molecular flexibility index (Phi) is 6.01. The number of rotatable bonds is 6. The molecule has 11 rings (SSSR count). The number of para-hydroxylation sites is 3. The van der Waals surface area contributed by atoms with E-state index in [2.05, 4.69) is 71.3 Å². The van der Waals surface area contributed by atoms with Gasteiger partial charge in [-0.3, -0.25) is 0 Å². The van der Waals surface area contributed by atoms with Gasteiger partial charge in [-0.2, -0.15) is 0 Å². The minimum Gasteiger partial charge on any atom is -0.309 e. The Labute approximate surface area is 335 Å². The zero-order valence-corrected chi connectivity index (χ0v) is 30.1. The van der Waals surface area contributed by atoms with Crippen LogP contribution in [0.4, 0.5) is 0 Å². The Balaban J connectivity index is 1.15. The molecular formula is C54H36N2. The minimum atomic E-state index is -0.422. The van der Waals surface area contributed by atoms with Gasteiger partial charge in [-0.15, -0.1) is 0 Å². The molecule has 56 heavy (non-hydrogen) atoms. The standard InChI is InChI=1S/C54H36N2/c1-4-13-37(14-5-1)39-23-25-41(26-24-39)46-20-12-21-48-50-36-43(30-34-53(50)56(54(46)48)44-17-8-3-9-18-44)42-29-33-52-49(35-42)47-19-10-11-22-51(47)55(52)45-31-27-40(28-32-45)38-15-6-2-7-16-38/h1-36H/i10D,11D,19D,22D,29D,33D,35D. The molecule has 0 amide bonds. The molecule has 2 nitrogen and oxygen atoms in total.